The van der Waals surface area contributed by atoms with E-state index in [2.05, 4.69) is 10.6 Å². The molecule has 0 radical (unpaired) electrons. The number of hydrogen-bond acceptors (Lipinski definition) is 2. The largest absolute Gasteiger partial charge is 0.391 e. The van der Waals surface area contributed by atoms with E-state index in [9.17, 15) is 18.0 Å². The number of rotatable bonds is 2. The number of carbonyl (C=O) groups excluding carboxylic acids is 1. The maximum Gasteiger partial charge on any atom is 0.391 e. The molecular formula is C16H26ClF3N2O. The summed E-state index contributed by atoms with van der Waals surface area (Å²) < 4.78 is 37.9. The number of fused-ring (bicyclic) bond motifs is 1. The summed E-state index contributed by atoms with van der Waals surface area (Å²) in [5.41, 5.74) is 0. The fraction of sp³-hybridized carbons (Fsp3) is 0.938. The lowest BCUT2D eigenvalue weighted by molar-refractivity contribution is -0.182. The summed E-state index contributed by atoms with van der Waals surface area (Å²) in [7, 11) is 0. The summed E-state index contributed by atoms with van der Waals surface area (Å²) in [4.78, 5) is 12.3. The highest BCUT2D eigenvalue weighted by Gasteiger charge is 2.42. The number of alkyl halides is 3. The SMILES string of the molecule is Cl.O=C(NC1CCC(C(F)(F)F)CC1)C1CC2CCCCC2N1. The first kappa shape index (κ1) is 18.8. The van der Waals surface area contributed by atoms with Crippen LogP contribution in [0.3, 0.4) is 0 Å². The van der Waals surface area contributed by atoms with Crippen molar-refractivity contribution >= 4 is 18.3 Å². The molecule has 1 aliphatic heterocycles. The van der Waals surface area contributed by atoms with Crippen molar-refractivity contribution in [3.63, 3.8) is 0 Å². The molecule has 3 rings (SSSR count). The van der Waals surface area contributed by atoms with Crippen molar-refractivity contribution in [1.82, 2.24) is 10.6 Å². The van der Waals surface area contributed by atoms with Crippen LogP contribution in [0.4, 0.5) is 13.2 Å². The van der Waals surface area contributed by atoms with Gasteiger partial charge in [0, 0.05) is 12.1 Å². The van der Waals surface area contributed by atoms with Gasteiger partial charge in [-0.15, -0.1) is 12.4 Å². The third-order valence-corrected chi connectivity index (χ3v) is 5.72. The lowest BCUT2D eigenvalue weighted by Gasteiger charge is -2.31. The van der Waals surface area contributed by atoms with E-state index in [0.717, 1.165) is 12.8 Å². The Morgan fingerprint density at radius 3 is 2.26 bits per heavy atom. The zero-order valence-electron chi connectivity index (χ0n) is 13.2. The monoisotopic (exact) mass is 354 g/mol. The molecule has 1 amide bonds. The second-order valence-electron chi connectivity index (χ2n) is 7.20. The van der Waals surface area contributed by atoms with E-state index in [1.54, 1.807) is 0 Å². The van der Waals surface area contributed by atoms with Crippen LogP contribution in [-0.2, 0) is 4.79 Å². The normalized spacial score (nSPS) is 37.6. The molecule has 0 aromatic heterocycles. The van der Waals surface area contributed by atoms with Gasteiger partial charge in [0.15, 0.2) is 0 Å². The molecule has 0 bridgehead atoms. The van der Waals surface area contributed by atoms with Crippen molar-refractivity contribution in [1.29, 1.82) is 0 Å². The Kier molecular flexibility index (Phi) is 6.22. The molecule has 3 fully saturated rings. The van der Waals surface area contributed by atoms with Gasteiger partial charge in [0.1, 0.15) is 0 Å². The van der Waals surface area contributed by atoms with Crippen LogP contribution >= 0.6 is 12.4 Å². The summed E-state index contributed by atoms with van der Waals surface area (Å²) in [6.07, 6.45) is 2.76. The fourth-order valence-electron chi connectivity index (χ4n) is 4.39. The van der Waals surface area contributed by atoms with Crippen LogP contribution in [0, 0.1) is 11.8 Å². The van der Waals surface area contributed by atoms with E-state index >= 15 is 0 Å². The van der Waals surface area contributed by atoms with E-state index in [1.165, 1.54) is 19.3 Å². The molecular weight excluding hydrogens is 329 g/mol. The Bertz CT molecular complexity index is 397. The molecule has 3 nitrogen and oxygen atoms in total. The number of halogens is 4. The standard InChI is InChI=1S/C16H25F3N2O.ClH/c17-16(18,19)11-5-7-12(8-6-11)20-15(22)14-9-10-3-1-2-4-13(10)21-14;/h10-14,21H,1-9H2,(H,20,22);1H. The third kappa shape index (κ3) is 4.53. The summed E-state index contributed by atoms with van der Waals surface area (Å²) in [5, 5.41) is 6.40. The van der Waals surface area contributed by atoms with Gasteiger partial charge in [0.05, 0.1) is 12.0 Å². The maximum absolute atomic E-state index is 12.6. The van der Waals surface area contributed by atoms with Gasteiger partial charge in [0.2, 0.25) is 5.91 Å². The molecule has 0 spiro atoms. The van der Waals surface area contributed by atoms with Gasteiger partial charge < -0.3 is 10.6 Å². The number of hydrogen-bond donors (Lipinski definition) is 2. The highest BCUT2D eigenvalue weighted by molar-refractivity contribution is 5.85. The molecule has 3 atom stereocenters. The first-order valence-electron chi connectivity index (χ1n) is 8.56. The van der Waals surface area contributed by atoms with E-state index in [1.807, 2.05) is 0 Å². The first-order valence-corrected chi connectivity index (χ1v) is 8.56. The van der Waals surface area contributed by atoms with Crippen LogP contribution in [-0.4, -0.2) is 30.2 Å². The van der Waals surface area contributed by atoms with Crippen molar-refractivity contribution < 1.29 is 18.0 Å². The predicted molar refractivity (Wildman–Crippen MR) is 84.5 cm³/mol. The molecule has 0 aromatic rings. The Balaban J connectivity index is 0.00000192. The van der Waals surface area contributed by atoms with Crippen LogP contribution in [0.2, 0.25) is 0 Å². The van der Waals surface area contributed by atoms with Crippen molar-refractivity contribution in [2.75, 3.05) is 0 Å². The van der Waals surface area contributed by atoms with Crippen molar-refractivity contribution in [2.24, 2.45) is 11.8 Å². The Labute approximate surface area is 141 Å². The van der Waals surface area contributed by atoms with Gasteiger partial charge in [-0.2, -0.15) is 13.2 Å². The van der Waals surface area contributed by atoms with Crippen molar-refractivity contribution in [2.45, 2.75) is 82.1 Å². The van der Waals surface area contributed by atoms with Crippen LogP contribution in [0.5, 0.6) is 0 Å². The van der Waals surface area contributed by atoms with Crippen LogP contribution in [0.25, 0.3) is 0 Å². The van der Waals surface area contributed by atoms with Gasteiger partial charge in [-0.3, -0.25) is 4.79 Å². The van der Waals surface area contributed by atoms with Gasteiger partial charge in [-0.25, -0.2) is 0 Å². The van der Waals surface area contributed by atoms with Crippen molar-refractivity contribution in [3.8, 4) is 0 Å². The number of carbonyl (C=O) groups is 1. The molecule has 134 valence electrons. The molecule has 3 unspecified atom stereocenters. The zero-order chi connectivity index (χ0) is 15.7. The molecule has 7 heteroatoms. The number of amides is 1. The second kappa shape index (κ2) is 7.60. The van der Waals surface area contributed by atoms with E-state index in [-0.39, 0.29) is 43.2 Å². The highest BCUT2D eigenvalue weighted by atomic mass is 35.5. The van der Waals surface area contributed by atoms with Crippen molar-refractivity contribution in [3.05, 3.63) is 0 Å². The smallest absolute Gasteiger partial charge is 0.352 e. The minimum atomic E-state index is -4.09. The molecule has 1 heterocycles. The average molecular weight is 355 g/mol. The molecule has 2 aliphatic carbocycles. The van der Waals surface area contributed by atoms with Gasteiger partial charge in [0.25, 0.3) is 0 Å². The lowest BCUT2D eigenvalue weighted by atomic mass is 9.84. The predicted octanol–water partition coefficient (Wildman–Crippen LogP) is 3.57. The quantitative estimate of drug-likeness (QED) is 0.796. The second-order valence-corrected chi connectivity index (χ2v) is 7.20. The maximum atomic E-state index is 12.6. The molecule has 1 saturated heterocycles. The fourth-order valence-corrected chi connectivity index (χ4v) is 4.39. The molecule has 0 aromatic carbocycles. The zero-order valence-corrected chi connectivity index (χ0v) is 14.0. The van der Waals surface area contributed by atoms with E-state index < -0.39 is 12.1 Å². The molecule has 23 heavy (non-hydrogen) atoms. The summed E-state index contributed by atoms with van der Waals surface area (Å²) in [5.74, 6) is -0.594. The highest BCUT2D eigenvalue weighted by Crippen LogP contribution is 2.38. The molecule has 3 aliphatic rings. The minimum Gasteiger partial charge on any atom is -0.352 e. The van der Waals surface area contributed by atoms with E-state index in [4.69, 9.17) is 0 Å². The first-order chi connectivity index (χ1) is 10.4. The summed E-state index contributed by atoms with van der Waals surface area (Å²) >= 11 is 0. The lowest BCUT2D eigenvalue weighted by Crippen LogP contribution is -2.48. The Morgan fingerprint density at radius 2 is 1.65 bits per heavy atom. The Morgan fingerprint density at radius 1 is 1.00 bits per heavy atom. The third-order valence-electron chi connectivity index (χ3n) is 5.72. The number of nitrogens with one attached hydrogen (secondary N) is 2. The Hall–Kier alpha value is -0.490. The van der Waals surface area contributed by atoms with Crippen LogP contribution in [0.1, 0.15) is 57.8 Å². The topological polar surface area (TPSA) is 41.1 Å². The minimum absolute atomic E-state index is 0. The van der Waals surface area contributed by atoms with Gasteiger partial charge >= 0.3 is 6.18 Å². The van der Waals surface area contributed by atoms with Crippen LogP contribution < -0.4 is 10.6 Å². The van der Waals surface area contributed by atoms with E-state index in [0.29, 0.717) is 24.8 Å². The average Bonchev–Trinajstić information content (AvgIpc) is 2.91. The molecule has 2 N–H and O–H groups in total. The molecule has 2 saturated carbocycles. The van der Waals surface area contributed by atoms with Crippen LogP contribution in [0.15, 0.2) is 0 Å². The van der Waals surface area contributed by atoms with Gasteiger partial charge in [-0.05, 0) is 50.9 Å². The summed E-state index contributed by atoms with van der Waals surface area (Å²) in [6.45, 7) is 0. The van der Waals surface area contributed by atoms with Gasteiger partial charge in [-0.1, -0.05) is 12.8 Å². The summed E-state index contributed by atoms with van der Waals surface area (Å²) in [6, 6.07) is 0.231.